The van der Waals surface area contributed by atoms with Crippen LogP contribution in [0.2, 0.25) is 0 Å². The van der Waals surface area contributed by atoms with E-state index in [0.29, 0.717) is 25.2 Å². The summed E-state index contributed by atoms with van der Waals surface area (Å²) < 4.78 is 1.60. The van der Waals surface area contributed by atoms with Crippen LogP contribution in [0.4, 0.5) is 0 Å². The number of aromatic nitrogens is 2. The van der Waals surface area contributed by atoms with Gasteiger partial charge >= 0.3 is 0 Å². The van der Waals surface area contributed by atoms with Crippen molar-refractivity contribution in [2.45, 2.75) is 38.8 Å². The van der Waals surface area contributed by atoms with E-state index in [4.69, 9.17) is 0 Å². The van der Waals surface area contributed by atoms with Crippen LogP contribution in [0.15, 0.2) is 6.07 Å². The predicted octanol–water partition coefficient (Wildman–Crippen LogP) is -0.421. The Labute approximate surface area is 124 Å². The normalized spacial score (nSPS) is 21.3. The molecule has 0 bridgehead atoms. The molecule has 1 saturated heterocycles. The lowest BCUT2D eigenvalue weighted by Gasteiger charge is -2.12. The van der Waals surface area contributed by atoms with Gasteiger partial charge in [-0.25, -0.2) is 0 Å². The first-order valence-electron chi connectivity index (χ1n) is 7.40. The van der Waals surface area contributed by atoms with Gasteiger partial charge in [0, 0.05) is 26.2 Å². The third kappa shape index (κ3) is 3.60. The third-order valence-corrected chi connectivity index (χ3v) is 3.66. The second kappa shape index (κ2) is 6.71. The van der Waals surface area contributed by atoms with Gasteiger partial charge in [0.25, 0.3) is 5.91 Å². The van der Waals surface area contributed by atoms with Crippen molar-refractivity contribution in [3.05, 3.63) is 17.5 Å². The Morgan fingerprint density at radius 1 is 1.48 bits per heavy atom. The van der Waals surface area contributed by atoms with Gasteiger partial charge in [0.1, 0.15) is 5.69 Å². The number of nitrogens with zero attached hydrogens (tertiary/aromatic N) is 2. The van der Waals surface area contributed by atoms with Crippen LogP contribution in [-0.2, 0) is 18.3 Å². The van der Waals surface area contributed by atoms with Gasteiger partial charge in [-0.2, -0.15) is 5.10 Å². The minimum absolute atomic E-state index is 0.0111. The largest absolute Gasteiger partial charge is 0.355 e. The molecule has 0 spiro atoms. The first-order chi connectivity index (χ1) is 10.0. The molecule has 2 rings (SSSR count). The molecule has 0 aliphatic carbocycles. The number of carbonyl (C=O) groups is 2. The zero-order chi connectivity index (χ0) is 15.4. The van der Waals surface area contributed by atoms with Crippen molar-refractivity contribution in [3.8, 4) is 0 Å². The van der Waals surface area contributed by atoms with Crippen LogP contribution in [-0.4, -0.2) is 46.8 Å². The lowest BCUT2D eigenvalue weighted by Crippen LogP contribution is -2.40. The Kier molecular flexibility index (Phi) is 4.95. The van der Waals surface area contributed by atoms with E-state index in [9.17, 15) is 9.59 Å². The lowest BCUT2D eigenvalue weighted by molar-refractivity contribution is -0.122. The monoisotopic (exact) mass is 293 g/mol. The minimum atomic E-state index is -0.229. The van der Waals surface area contributed by atoms with E-state index in [0.717, 1.165) is 12.1 Å². The standard InChI is InChI=1S/C14H23N5O2/c1-4-9-7-12(19(3)18-9)14(21)17-10-6-11(16-8-10)13(20)15-5-2/h7,10-11,16H,4-6,8H2,1-3H3,(H,15,20)(H,17,21)/t10-,11+/m1/s1. The molecule has 1 aliphatic rings. The molecule has 116 valence electrons. The lowest BCUT2D eigenvalue weighted by atomic mass is 10.1. The van der Waals surface area contributed by atoms with E-state index >= 15 is 0 Å². The van der Waals surface area contributed by atoms with Crippen molar-refractivity contribution in [2.24, 2.45) is 7.05 Å². The zero-order valence-electron chi connectivity index (χ0n) is 12.8. The number of nitrogens with one attached hydrogen (secondary N) is 3. The zero-order valence-corrected chi connectivity index (χ0v) is 12.8. The van der Waals surface area contributed by atoms with E-state index in [1.54, 1.807) is 17.8 Å². The van der Waals surface area contributed by atoms with E-state index in [2.05, 4.69) is 21.0 Å². The molecule has 1 aromatic heterocycles. The number of hydrogen-bond acceptors (Lipinski definition) is 4. The summed E-state index contributed by atoms with van der Waals surface area (Å²) in [5, 5.41) is 13.1. The maximum absolute atomic E-state index is 12.3. The van der Waals surface area contributed by atoms with E-state index in [1.807, 2.05) is 13.8 Å². The summed E-state index contributed by atoms with van der Waals surface area (Å²) in [5.41, 5.74) is 1.45. The number of rotatable bonds is 5. The summed E-state index contributed by atoms with van der Waals surface area (Å²) in [6.45, 7) is 5.11. The molecule has 2 atom stereocenters. The van der Waals surface area contributed by atoms with E-state index in [-0.39, 0.29) is 23.9 Å². The summed E-state index contributed by atoms with van der Waals surface area (Å²) >= 11 is 0. The van der Waals surface area contributed by atoms with Crippen molar-refractivity contribution in [2.75, 3.05) is 13.1 Å². The Morgan fingerprint density at radius 3 is 2.86 bits per heavy atom. The van der Waals surface area contributed by atoms with Gasteiger partial charge in [0.2, 0.25) is 5.91 Å². The molecule has 7 nitrogen and oxygen atoms in total. The molecule has 0 unspecified atom stereocenters. The van der Waals surface area contributed by atoms with Crippen molar-refractivity contribution >= 4 is 11.8 Å². The fourth-order valence-electron chi connectivity index (χ4n) is 2.51. The molecule has 1 fully saturated rings. The first-order valence-corrected chi connectivity index (χ1v) is 7.40. The van der Waals surface area contributed by atoms with Gasteiger partial charge in [-0.3, -0.25) is 14.3 Å². The van der Waals surface area contributed by atoms with Gasteiger partial charge in [-0.1, -0.05) is 6.92 Å². The van der Waals surface area contributed by atoms with Gasteiger partial charge < -0.3 is 16.0 Å². The summed E-state index contributed by atoms with van der Waals surface area (Å²) in [6, 6.07) is 1.54. The molecular weight excluding hydrogens is 270 g/mol. The Balaban J connectivity index is 1.92. The third-order valence-electron chi connectivity index (χ3n) is 3.66. The molecule has 0 radical (unpaired) electrons. The van der Waals surface area contributed by atoms with Crippen LogP contribution in [0.1, 0.15) is 36.5 Å². The average molecular weight is 293 g/mol. The molecule has 1 aliphatic heterocycles. The van der Waals surface area contributed by atoms with Gasteiger partial charge in [0.05, 0.1) is 11.7 Å². The minimum Gasteiger partial charge on any atom is -0.355 e. The smallest absolute Gasteiger partial charge is 0.269 e. The van der Waals surface area contributed by atoms with Crippen LogP contribution in [0.25, 0.3) is 0 Å². The molecular formula is C14H23N5O2. The summed E-state index contributed by atoms with van der Waals surface area (Å²) in [6.07, 6.45) is 1.40. The van der Waals surface area contributed by atoms with Crippen LogP contribution in [0.5, 0.6) is 0 Å². The average Bonchev–Trinajstić information content (AvgIpc) is 3.05. The molecule has 7 heteroatoms. The molecule has 2 amide bonds. The highest BCUT2D eigenvalue weighted by Gasteiger charge is 2.30. The maximum Gasteiger partial charge on any atom is 0.269 e. The van der Waals surface area contributed by atoms with E-state index in [1.165, 1.54) is 0 Å². The SMILES string of the molecule is CCNC(=O)[C@@H]1C[C@@H](NC(=O)c2cc(CC)nn2C)CN1. The van der Waals surface area contributed by atoms with Crippen LogP contribution in [0.3, 0.4) is 0 Å². The highest BCUT2D eigenvalue weighted by molar-refractivity contribution is 5.93. The highest BCUT2D eigenvalue weighted by atomic mass is 16.2. The molecule has 1 aromatic rings. The number of amides is 2. The van der Waals surface area contributed by atoms with Crippen LogP contribution in [0, 0.1) is 0 Å². The molecule has 21 heavy (non-hydrogen) atoms. The molecule has 3 N–H and O–H groups in total. The van der Waals surface area contributed by atoms with Gasteiger partial charge in [-0.15, -0.1) is 0 Å². The highest BCUT2D eigenvalue weighted by Crippen LogP contribution is 2.09. The fourth-order valence-corrected chi connectivity index (χ4v) is 2.51. The van der Waals surface area contributed by atoms with Gasteiger partial charge in [0.15, 0.2) is 0 Å². The van der Waals surface area contributed by atoms with Crippen molar-refractivity contribution in [1.29, 1.82) is 0 Å². The summed E-state index contributed by atoms with van der Waals surface area (Å²) in [4.78, 5) is 24.0. The summed E-state index contributed by atoms with van der Waals surface area (Å²) in [5.74, 6) is -0.156. The van der Waals surface area contributed by atoms with Crippen LogP contribution >= 0.6 is 0 Å². The topological polar surface area (TPSA) is 88.1 Å². The van der Waals surface area contributed by atoms with Crippen LogP contribution < -0.4 is 16.0 Å². The number of carbonyl (C=O) groups excluding carboxylic acids is 2. The van der Waals surface area contributed by atoms with Crippen molar-refractivity contribution in [3.63, 3.8) is 0 Å². The first kappa shape index (κ1) is 15.5. The Bertz CT molecular complexity index is 525. The molecule has 2 heterocycles. The van der Waals surface area contributed by atoms with E-state index < -0.39 is 0 Å². The molecule has 0 aromatic carbocycles. The summed E-state index contributed by atoms with van der Waals surface area (Å²) in [7, 11) is 1.76. The predicted molar refractivity (Wildman–Crippen MR) is 78.9 cm³/mol. The van der Waals surface area contributed by atoms with Crippen molar-refractivity contribution < 1.29 is 9.59 Å². The second-order valence-corrected chi connectivity index (χ2v) is 5.26. The molecule has 0 saturated carbocycles. The quantitative estimate of drug-likeness (QED) is 0.688. The fraction of sp³-hybridized carbons (Fsp3) is 0.643. The van der Waals surface area contributed by atoms with Crippen molar-refractivity contribution in [1.82, 2.24) is 25.7 Å². The Hall–Kier alpha value is -1.89. The second-order valence-electron chi connectivity index (χ2n) is 5.26. The Morgan fingerprint density at radius 2 is 2.24 bits per heavy atom. The number of hydrogen-bond donors (Lipinski definition) is 3. The van der Waals surface area contributed by atoms with Gasteiger partial charge in [-0.05, 0) is 25.8 Å². The maximum atomic E-state index is 12.3. The number of likely N-dealkylation sites (N-methyl/N-ethyl adjacent to an activating group) is 1. The number of aryl methyl sites for hydroxylation is 2.